The van der Waals surface area contributed by atoms with Gasteiger partial charge in [0, 0.05) is 6.54 Å². The Labute approximate surface area is 113 Å². The number of nitrogens with zero attached hydrogens (tertiary/aromatic N) is 1. The van der Waals surface area contributed by atoms with Gasteiger partial charge in [0.1, 0.15) is 11.0 Å². The fourth-order valence-electron chi connectivity index (χ4n) is 1.48. The van der Waals surface area contributed by atoms with Crippen molar-refractivity contribution in [3.05, 3.63) is 45.2 Å². The van der Waals surface area contributed by atoms with Gasteiger partial charge in [-0.25, -0.2) is 9.78 Å². The summed E-state index contributed by atoms with van der Waals surface area (Å²) in [7, 11) is 0. The first-order chi connectivity index (χ1) is 8.65. The number of halogens is 1. The van der Waals surface area contributed by atoms with Crippen molar-refractivity contribution in [1.82, 2.24) is 4.98 Å². The molecule has 0 saturated heterocycles. The van der Waals surface area contributed by atoms with E-state index in [-0.39, 0.29) is 10.7 Å². The molecule has 0 atom stereocenters. The lowest BCUT2D eigenvalue weighted by Crippen LogP contribution is -2.07. The van der Waals surface area contributed by atoms with Gasteiger partial charge in [-0.1, -0.05) is 11.6 Å². The molecular formula is C12H11ClN2O2S. The van der Waals surface area contributed by atoms with Crippen LogP contribution in [0.2, 0.25) is 5.15 Å². The zero-order valence-electron chi connectivity index (χ0n) is 9.39. The first kappa shape index (κ1) is 12.9. The highest BCUT2D eigenvalue weighted by Gasteiger charge is 2.07. The third kappa shape index (κ3) is 3.45. The Kier molecular flexibility index (Phi) is 4.17. The Morgan fingerprint density at radius 3 is 3.00 bits per heavy atom. The maximum absolute atomic E-state index is 10.9. The van der Waals surface area contributed by atoms with Gasteiger partial charge in [0.2, 0.25) is 0 Å². The van der Waals surface area contributed by atoms with E-state index < -0.39 is 5.97 Å². The minimum absolute atomic E-state index is 0.132. The van der Waals surface area contributed by atoms with Crippen LogP contribution in [0.3, 0.4) is 0 Å². The van der Waals surface area contributed by atoms with Crippen molar-refractivity contribution in [1.29, 1.82) is 0 Å². The van der Waals surface area contributed by atoms with Crippen LogP contribution in [0.5, 0.6) is 0 Å². The van der Waals surface area contributed by atoms with Crippen molar-refractivity contribution in [3.63, 3.8) is 0 Å². The third-order valence-electron chi connectivity index (χ3n) is 2.34. The van der Waals surface area contributed by atoms with Crippen molar-refractivity contribution in [2.75, 3.05) is 11.9 Å². The number of carboxylic acid groups (broad SMARTS) is 1. The lowest BCUT2D eigenvalue weighted by molar-refractivity contribution is 0.0697. The number of pyridine rings is 1. The second-order valence-corrected chi connectivity index (χ2v) is 4.84. The molecule has 0 amide bonds. The molecule has 0 bridgehead atoms. The van der Waals surface area contributed by atoms with Crippen LogP contribution in [-0.2, 0) is 6.42 Å². The van der Waals surface area contributed by atoms with Crippen molar-refractivity contribution >= 4 is 34.7 Å². The van der Waals surface area contributed by atoms with E-state index in [1.165, 1.54) is 17.7 Å². The van der Waals surface area contributed by atoms with Gasteiger partial charge >= 0.3 is 5.97 Å². The Hall–Kier alpha value is -1.59. The Balaban J connectivity index is 1.98. The summed E-state index contributed by atoms with van der Waals surface area (Å²) in [5.74, 6) is -0.532. The molecule has 0 radical (unpaired) electrons. The van der Waals surface area contributed by atoms with Crippen LogP contribution in [0, 0.1) is 0 Å². The van der Waals surface area contributed by atoms with E-state index in [4.69, 9.17) is 16.7 Å². The molecule has 2 aromatic rings. The number of nitrogens with one attached hydrogen (secondary N) is 1. The van der Waals surface area contributed by atoms with Gasteiger partial charge in [0.25, 0.3) is 0 Å². The molecule has 4 nitrogen and oxygen atoms in total. The predicted molar refractivity (Wildman–Crippen MR) is 72.7 cm³/mol. The molecule has 0 aliphatic heterocycles. The molecule has 0 aliphatic rings. The number of hydrogen-bond donors (Lipinski definition) is 2. The zero-order chi connectivity index (χ0) is 13.0. The van der Waals surface area contributed by atoms with E-state index in [9.17, 15) is 4.79 Å². The molecule has 2 rings (SSSR count). The quantitative estimate of drug-likeness (QED) is 0.827. The maximum atomic E-state index is 10.9. The first-order valence-corrected chi connectivity index (χ1v) is 6.63. The molecule has 94 valence electrons. The summed E-state index contributed by atoms with van der Waals surface area (Å²) in [6.45, 7) is 0.684. The van der Waals surface area contributed by atoms with Crippen LogP contribution in [0.25, 0.3) is 0 Å². The minimum atomic E-state index is -1.01. The van der Waals surface area contributed by atoms with Crippen LogP contribution in [0.15, 0.2) is 29.0 Å². The number of anilines is 1. The van der Waals surface area contributed by atoms with E-state index in [0.29, 0.717) is 12.4 Å². The lowest BCUT2D eigenvalue weighted by Gasteiger charge is -2.06. The summed E-state index contributed by atoms with van der Waals surface area (Å²) >= 11 is 7.41. The van der Waals surface area contributed by atoms with Gasteiger partial charge < -0.3 is 10.4 Å². The highest BCUT2D eigenvalue weighted by atomic mass is 35.5. The number of aromatic nitrogens is 1. The average Bonchev–Trinajstić information content (AvgIpc) is 2.81. The number of carboxylic acids is 1. The molecule has 18 heavy (non-hydrogen) atoms. The molecule has 0 aliphatic carbocycles. The van der Waals surface area contributed by atoms with Gasteiger partial charge in [-0.15, -0.1) is 0 Å². The maximum Gasteiger partial charge on any atom is 0.335 e. The standard InChI is InChI=1S/C12H11ClN2O2S/c13-10-5-9(12(16)17)6-11(15-10)14-3-1-8-2-4-18-7-8/h2,4-7H,1,3H2,(H,14,15)(H,16,17). The van der Waals surface area contributed by atoms with Crippen molar-refractivity contribution < 1.29 is 9.90 Å². The summed E-state index contributed by atoms with van der Waals surface area (Å²) in [4.78, 5) is 14.9. The van der Waals surface area contributed by atoms with Gasteiger partial charge in [0.15, 0.2) is 0 Å². The summed E-state index contributed by atoms with van der Waals surface area (Å²) in [5.41, 5.74) is 1.38. The topological polar surface area (TPSA) is 62.2 Å². The zero-order valence-corrected chi connectivity index (χ0v) is 11.0. The van der Waals surface area contributed by atoms with Crippen LogP contribution in [-0.4, -0.2) is 22.6 Å². The Bertz CT molecular complexity index is 543. The average molecular weight is 283 g/mol. The summed E-state index contributed by atoms with van der Waals surface area (Å²) in [6.07, 6.45) is 0.861. The lowest BCUT2D eigenvalue weighted by atomic mass is 10.2. The number of thiophene rings is 1. The van der Waals surface area contributed by atoms with E-state index in [1.54, 1.807) is 11.3 Å². The second kappa shape index (κ2) is 5.84. The minimum Gasteiger partial charge on any atom is -0.478 e. The number of rotatable bonds is 5. The molecule has 2 heterocycles. The Morgan fingerprint density at radius 1 is 1.50 bits per heavy atom. The Morgan fingerprint density at radius 2 is 2.33 bits per heavy atom. The molecule has 0 fully saturated rings. The van der Waals surface area contributed by atoms with E-state index in [2.05, 4.69) is 21.7 Å². The monoisotopic (exact) mass is 282 g/mol. The molecule has 0 unspecified atom stereocenters. The van der Waals surface area contributed by atoms with Crippen molar-refractivity contribution in [2.24, 2.45) is 0 Å². The first-order valence-electron chi connectivity index (χ1n) is 5.31. The van der Waals surface area contributed by atoms with Crippen LogP contribution in [0.1, 0.15) is 15.9 Å². The number of hydrogen-bond acceptors (Lipinski definition) is 4. The van der Waals surface area contributed by atoms with E-state index in [1.807, 2.05) is 5.38 Å². The molecule has 6 heteroatoms. The van der Waals surface area contributed by atoms with Gasteiger partial charge in [-0.3, -0.25) is 0 Å². The predicted octanol–water partition coefficient (Wildman–Crippen LogP) is 3.15. The van der Waals surface area contributed by atoms with E-state index in [0.717, 1.165) is 6.42 Å². The molecular weight excluding hydrogens is 272 g/mol. The number of carbonyl (C=O) groups is 1. The summed E-state index contributed by atoms with van der Waals surface area (Å²) < 4.78 is 0. The van der Waals surface area contributed by atoms with Gasteiger partial charge in [-0.2, -0.15) is 11.3 Å². The van der Waals surface area contributed by atoms with Crippen molar-refractivity contribution in [3.8, 4) is 0 Å². The second-order valence-electron chi connectivity index (χ2n) is 3.68. The fourth-order valence-corrected chi connectivity index (χ4v) is 2.39. The van der Waals surface area contributed by atoms with E-state index >= 15 is 0 Å². The molecule has 2 N–H and O–H groups in total. The third-order valence-corrected chi connectivity index (χ3v) is 3.27. The van der Waals surface area contributed by atoms with Gasteiger partial charge in [-0.05, 0) is 40.9 Å². The largest absolute Gasteiger partial charge is 0.478 e. The SMILES string of the molecule is O=C(O)c1cc(Cl)nc(NCCc2ccsc2)c1. The van der Waals surface area contributed by atoms with Crippen LogP contribution >= 0.6 is 22.9 Å². The molecule has 0 aromatic carbocycles. The highest BCUT2D eigenvalue weighted by Crippen LogP contribution is 2.15. The summed E-state index contributed by atoms with van der Waals surface area (Å²) in [6, 6.07) is 4.86. The molecule has 0 spiro atoms. The normalized spacial score (nSPS) is 10.3. The highest BCUT2D eigenvalue weighted by molar-refractivity contribution is 7.07. The molecule has 0 saturated carbocycles. The van der Waals surface area contributed by atoms with Crippen LogP contribution in [0.4, 0.5) is 5.82 Å². The molecule has 2 aromatic heterocycles. The smallest absolute Gasteiger partial charge is 0.335 e. The number of aromatic carboxylic acids is 1. The van der Waals surface area contributed by atoms with Crippen LogP contribution < -0.4 is 5.32 Å². The van der Waals surface area contributed by atoms with Gasteiger partial charge in [0.05, 0.1) is 5.56 Å². The van der Waals surface area contributed by atoms with Crippen molar-refractivity contribution in [2.45, 2.75) is 6.42 Å². The fraction of sp³-hybridized carbons (Fsp3) is 0.167. The summed E-state index contributed by atoms with van der Waals surface area (Å²) in [5, 5.41) is 16.2.